The molecule has 2 rings (SSSR count). The number of amides is 2. The summed E-state index contributed by atoms with van der Waals surface area (Å²) in [4.78, 5) is 34.9. The average molecular weight is 405 g/mol. The van der Waals surface area contributed by atoms with Crippen LogP contribution < -0.4 is 16.1 Å². The van der Waals surface area contributed by atoms with Gasteiger partial charge in [-0.3, -0.25) is 14.4 Å². The molecule has 7 nitrogen and oxygen atoms in total. The lowest BCUT2D eigenvalue weighted by atomic mass is 9.77. The van der Waals surface area contributed by atoms with Gasteiger partial charge in [-0.2, -0.15) is 0 Å². The van der Waals surface area contributed by atoms with Crippen LogP contribution in [0.5, 0.6) is 0 Å². The molecule has 0 aliphatic rings. The maximum Gasteiger partial charge on any atom is 0.489 e. The summed E-state index contributed by atoms with van der Waals surface area (Å²) in [6.07, 6.45) is 0.422. The molecule has 128 valence electrons. The summed E-state index contributed by atoms with van der Waals surface area (Å²) in [5.41, 5.74) is 0.695. The van der Waals surface area contributed by atoms with Crippen molar-refractivity contribution in [3.05, 3.63) is 58.1 Å². The molecule has 2 amide bonds. The molecule has 0 saturated heterocycles. The van der Waals surface area contributed by atoms with Crippen LogP contribution in [0.15, 0.2) is 46.9 Å². The summed E-state index contributed by atoms with van der Waals surface area (Å²) < 4.78 is 0.807. The van der Waals surface area contributed by atoms with Gasteiger partial charge in [-0.1, -0.05) is 28.1 Å². The number of carbonyl (C=O) groups excluding carboxylic acids is 3. The number of hydrogen-bond acceptors (Lipinski definition) is 5. The smallest absolute Gasteiger partial charge is 0.423 e. The van der Waals surface area contributed by atoms with Crippen LogP contribution in [0, 0.1) is 0 Å². The van der Waals surface area contributed by atoms with Gasteiger partial charge in [0.05, 0.1) is 6.54 Å². The first kappa shape index (κ1) is 18.8. The fraction of sp³-hybridized carbons (Fsp3) is 0.0625. The Hall–Kier alpha value is -2.49. The Morgan fingerprint density at radius 1 is 1.16 bits per heavy atom. The first-order valence-corrected chi connectivity index (χ1v) is 7.99. The fourth-order valence-corrected chi connectivity index (χ4v) is 2.49. The second kappa shape index (κ2) is 8.56. The average Bonchev–Trinajstić information content (AvgIpc) is 2.59. The third-order valence-corrected chi connectivity index (χ3v) is 3.77. The molecule has 0 spiro atoms. The minimum Gasteiger partial charge on any atom is -0.423 e. The SMILES string of the molecule is O=Cc1cc(C(=O)NCC(=O)Nc2cccc(Br)c2)ccc1B(O)O. The predicted octanol–water partition coefficient (Wildman–Crippen LogP) is 0.310. The molecular formula is C16H14BBrN2O5. The minimum absolute atomic E-state index is 0.000974. The van der Waals surface area contributed by atoms with Crippen LogP contribution in [0.2, 0.25) is 0 Å². The highest BCUT2D eigenvalue weighted by molar-refractivity contribution is 9.10. The molecule has 0 aliphatic heterocycles. The fourth-order valence-electron chi connectivity index (χ4n) is 2.09. The Morgan fingerprint density at radius 2 is 1.92 bits per heavy atom. The van der Waals surface area contributed by atoms with Gasteiger partial charge < -0.3 is 20.7 Å². The summed E-state index contributed by atoms with van der Waals surface area (Å²) in [6, 6.07) is 10.8. The zero-order chi connectivity index (χ0) is 18.4. The molecule has 0 saturated carbocycles. The second-order valence-electron chi connectivity index (χ2n) is 5.08. The van der Waals surface area contributed by atoms with E-state index in [1.807, 2.05) is 6.07 Å². The van der Waals surface area contributed by atoms with Gasteiger partial charge in [-0.05, 0) is 35.8 Å². The lowest BCUT2D eigenvalue weighted by Crippen LogP contribution is -2.35. The van der Waals surface area contributed by atoms with E-state index in [-0.39, 0.29) is 23.1 Å². The van der Waals surface area contributed by atoms with Crippen LogP contribution in [0.1, 0.15) is 20.7 Å². The normalized spacial score (nSPS) is 10.0. The van der Waals surface area contributed by atoms with Gasteiger partial charge in [0.2, 0.25) is 5.91 Å². The molecule has 0 fully saturated rings. The van der Waals surface area contributed by atoms with Gasteiger partial charge in [0, 0.05) is 21.3 Å². The quantitative estimate of drug-likeness (QED) is 0.408. The van der Waals surface area contributed by atoms with Crippen molar-refractivity contribution in [2.75, 3.05) is 11.9 Å². The van der Waals surface area contributed by atoms with Gasteiger partial charge in [-0.15, -0.1) is 0 Å². The number of nitrogens with one attached hydrogen (secondary N) is 2. The van der Waals surface area contributed by atoms with Crippen LogP contribution in [0.3, 0.4) is 0 Å². The zero-order valence-corrected chi connectivity index (χ0v) is 14.5. The van der Waals surface area contributed by atoms with E-state index in [0.29, 0.717) is 12.0 Å². The Balaban J connectivity index is 1.98. The van der Waals surface area contributed by atoms with E-state index in [2.05, 4.69) is 26.6 Å². The monoisotopic (exact) mass is 404 g/mol. The van der Waals surface area contributed by atoms with Crippen LogP contribution >= 0.6 is 15.9 Å². The molecule has 0 aromatic heterocycles. The Kier molecular flexibility index (Phi) is 6.46. The van der Waals surface area contributed by atoms with Crippen LogP contribution in [0.25, 0.3) is 0 Å². The number of halogens is 1. The standard InChI is InChI=1S/C16H14BBrN2O5/c18-12-2-1-3-13(7-12)20-15(22)8-19-16(23)10-4-5-14(17(24)25)11(6-10)9-21/h1-7,9,24-25H,8H2,(H,19,23)(H,20,22). The zero-order valence-electron chi connectivity index (χ0n) is 12.9. The number of benzene rings is 2. The molecule has 0 unspecified atom stereocenters. The lowest BCUT2D eigenvalue weighted by molar-refractivity contribution is -0.115. The molecule has 9 heteroatoms. The molecule has 0 heterocycles. The molecule has 25 heavy (non-hydrogen) atoms. The van der Waals surface area contributed by atoms with Gasteiger partial charge in [0.1, 0.15) is 6.29 Å². The van der Waals surface area contributed by atoms with E-state index in [4.69, 9.17) is 10.0 Å². The topological polar surface area (TPSA) is 116 Å². The van der Waals surface area contributed by atoms with E-state index in [0.717, 1.165) is 4.47 Å². The first-order chi connectivity index (χ1) is 11.9. The predicted molar refractivity (Wildman–Crippen MR) is 96.8 cm³/mol. The minimum atomic E-state index is -1.81. The summed E-state index contributed by atoms with van der Waals surface area (Å²) in [5, 5.41) is 23.3. The Labute approximate surface area is 152 Å². The number of hydrogen-bond donors (Lipinski definition) is 4. The molecule has 2 aromatic carbocycles. The summed E-state index contributed by atoms with van der Waals surface area (Å²) in [5.74, 6) is -0.976. The Morgan fingerprint density at radius 3 is 2.56 bits per heavy atom. The molecule has 0 atom stereocenters. The van der Waals surface area contributed by atoms with Crippen molar-refractivity contribution in [3.63, 3.8) is 0 Å². The van der Waals surface area contributed by atoms with Gasteiger partial charge in [0.25, 0.3) is 5.91 Å². The third-order valence-electron chi connectivity index (χ3n) is 3.27. The van der Waals surface area contributed by atoms with Crippen molar-refractivity contribution >= 4 is 52.3 Å². The molecule has 4 N–H and O–H groups in total. The maximum absolute atomic E-state index is 12.1. The van der Waals surface area contributed by atoms with Crippen molar-refractivity contribution in [1.29, 1.82) is 0 Å². The summed E-state index contributed by atoms with van der Waals surface area (Å²) in [7, 11) is -1.81. The number of rotatable bonds is 6. The first-order valence-electron chi connectivity index (χ1n) is 7.19. The van der Waals surface area contributed by atoms with E-state index in [1.54, 1.807) is 18.2 Å². The van der Waals surface area contributed by atoms with Crippen molar-refractivity contribution < 1.29 is 24.4 Å². The van der Waals surface area contributed by atoms with Gasteiger partial charge in [-0.25, -0.2) is 0 Å². The molecular weight excluding hydrogens is 391 g/mol. The van der Waals surface area contributed by atoms with E-state index in [9.17, 15) is 14.4 Å². The number of carbonyl (C=O) groups is 3. The highest BCUT2D eigenvalue weighted by Gasteiger charge is 2.18. The molecule has 0 bridgehead atoms. The van der Waals surface area contributed by atoms with E-state index < -0.39 is 18.9 Å². The maximum atomic E-state index is 12.1. The van der Waals surface area contributed by atoms with Gasteiger partial charge in [0.15, 0.2) is 0 Å². The summed E-state index contributed by atoms with van der Waals surface area (Å²) in [6.45, 7) is -0.258. The lowest BCUT2D eigenvalue weighted by Gasteiger charge is -2.09. The summed E-state index contributed by atoms with van der Waals surface area (Å²) >= 11 is 3.29. The Bertz CT molecular complexity index is 813. The molecule has 0 aliphatic carbocycles. The van der Waals surface area contributed by atoms with E-state index in [1.165, 1.54) is 18.2 Å². The second-order valence-corrected chi connectivity index (χ2v) is 5.99. The van der Waals surface area contributed by atoms with Gasteiger partial charge >= 0.3 is 7.12 Å². The number of anilines is 1. The van der Waals surface area contributed by atoms with Crippen LogP contribution in [-0.4, -0.2) is 41.8 Å². The van der Waals surface area contributed by atoms with Crippen molar-refractivity contribution in [2.24, 2.45) is 0 Å². The largest absolute Gasteiger partial charge is 0.489 e. The number of aldehydes is 1. The molecule has 2 aromatic rings. The molecule has 0 radical (unpaired) electrons. The van der Waals surface area contributed by atoms with Crippen molar-refractivity contribution in [1.82, 2.24) is 5.32 Å². The van der Waals surface area contributed by atoms with Crippen molar-refractivity contribution in [3.8, 4) is 0 Å². The highest BCUT2D eigenvalue weighted by atomic mass is 79.9. The van der Waals surface area contributed by atoms with Crippen molar-refractivity contribution in [2.45, 2.75) is 0 Å². The van der Waals surface area contributed by atoms with Crippen LogP contribution in [0.4, 0.5) is 5.69 Å². The van der Waals surface area contributed by atoms with E-state index >= 15 is 0 Å². The van der Waals surface area contributed by atoms with Crippen LogP contribution in [-0.2, 0) is 4.79 Å². The highest BCUT2D eigenvalue weighted by Crippen LogP contribution is 2.15. The third kappa shape index (κ3) is 5.25.